The molecule has 0 bridgehead atoms. The van der Waals surface area contributed by atoms with Crippen molar-refractivity contribution in [3.63, 3.8) is 0 Å². The number of nitrogens with one attached hydrogen (secondary N) is 2. The maximum absolute atomic E-state index is 11.9. The Balaban J connectivity index is 2.03. The predicted octanol–water partition coefficient (Wildman–Crippen LogP) is 3.09. The van der Waals surface area contributed by atoms with Crippen molar-refractivity contribution in [1.82, 2.24) is 5.32 Å². The Morgan fingerprint density at radius 1 is 1.37 bits per heavy atom. The normalized spacial score (nSPS) is 14.7. The van der Waals surface area contributed by atoms with Crippen LogP contribution in [0, 0.1) is 11.3 Å². The van der Waals surface area contributed by atoms with Gasteiger partial charge in [-0.1, -0.05) is 23.2 Å². The summed E-state index contributed by atoms with van der Waals surface area (Å²) in [4.78, 5) is 11.9. The largest absolute Gasteiger partial charge is 0.387 e. The van der Waals surface area contributed by atoms with Gasteiger partial charge in [0.15, 0.2) is 0 Å². The Hall–Kier alpha value is -1.70. The van der Waals surface area contributed by atoms with E-state index in [2.05, 4.69) is 10.6 Å². The number of carbonyl (C=O) groups is 1. The summed E-state index contributed by atoms with van der Waals surface area (Å²) >= 11 is 11.6. The minimum Gasteiger partial charge on any atom is -0.387 e. The minimum absolute atomic E-state index is 0.0259. The van der Waals surface area contributed by atoms with Gasteiger partial charge in [0, 0.05) is 17.9 Å². The molecule has 2 N–H and O–H groups in total. The van der Waals surface area contributed by atoms with Crippen LogP contribution in [0.2, 0.25) is 10.0 Å². The van der Waals surface area contributed by atoms with Crippen molar-refractivity contribution in [3.05, 3.63) is 40.0 Å². The fourth-order valence-corrected chi connectivity index (χ4v) is 1.67. The minimum atomic E-state index is -0.478. The first kappa shape index (κ1) is 13.7. The van der Waals surface area contributed by atoms with E-state index in [9.17, 15) is 4.79 Å². The lowest BCUT2D eigenvalue weighted by molar-refractivity contribution is -0.112. The summed E-state index contributed by atoms with van der Waals surface area (Å²) in [5.41, 5.74) is 0.518. The molecule has 19 heavy (non-hydrogen) atoms. The maximum Gasteiger partial charge on any atom is 0.267 e. The summed E-state index contributed by atoms with van der Waals surface area (Å²) in [6.07, 6.45) is 3.60. The highest BCUT2D eigenvalue weighted by Crippen LogP contribution is 2.25. The highest BCUT2D eigenvalue weighted by atomic mass is 35.5. The fraction of sp³-hybridized carbons (Fsp3) is 0.231. The van der Waals surface area contributed by atoms with Crippen LogP contribution in [0.4, 0.5) is 5.69 Å². The molecular weight excluding hydrogens is 285 g/mol. The second-order valence-corrected chi connectivity index (χ2v) is 5.01. The Bertz CT molecular complexity index is 574. The van der Waals surface area contributed by atoms with Crippen molar-refractivity contribution in [3.8, 4) is 6.07 Å². The van der Waals surface area contributed by atoms with Crippen LogP contribution in [-0.4, -0.2) is 11.9 Å². The molecule has 1 aromatic rings. The van der Waals surface area contributed by atoms with Crippen molar-refractivity contribution >= 4 is 34.8 Å². The molecule has 1 aliphatic carbocycles. The molecule has 1 fully saturated rings. The third-order valence-electron chi connectivity index (χ3n) is 2.58. The lowest BCUT2D eigenvalue weighted by Gasteiger charge is -2.05. The predicted molar refractivity (Wildman–Crippen MR) is 74.9 cm³/mol. The average molecular weight is 296 g/mol. The van der Waals surface area contributed by atoms with E-state index in [4.69, 9.17) is 28.5 Å². The van der Waals surface area contributed by atoms with Crippen molar-refractivity contribution < 1.29 is 4.79 Å². The van der Waals surface area contributed by atoms with E-state index in [0.717, 1.165) is 12.8 Å². The van der Waals surface area contributed by atoms with Crippen LogP contribution < -0.4 is 10.6 Å². The number of nitriles is 1. The molecule has 0 radical (unpaired) electrons. The van der Waals surface area contributed by atoms with Gasteiger partial charge in [-0.25, -0.2) is 0 Å². The summed E-state index contributed by atoms with van der Waals surface area (Å²) in [6.45, 7) is 0. The van der Waals surface area contributed by atoms with E-state index in [0.29, 0.717) is 21.8 Å². The third-order valence-corrected chi connectivity index (χ3v) is 3.32. The number of amides is 1. The van der Waals surface area contributed by atoms with Crippen LogP contribution in [0.5, 0.6) is 0 Å². The molecule has 0 unspecified atom stereocenters. The summed E-state index contributed by atoms with van der Waals surface area (Å²) < 4.78 is 0. The monoisotopic (exact) mass is 295 g/mol. The summed E-state index contributed by atoms with van der Waals surface area (Å²) in [5, 5.41) is 15.3. The molecule has 0 atom stereocenters. The van der Waals surface area contributed by atoms with Crippen LogP contribution in [0.25, 0.3) is 0 Å². The summed E-state index contributed by atoms with van der Waals surface area (Å²) in [6, 6.07) is 6.98. The van der Waals surface area contributed by atoms with Crippen LogP contribution in [-0.2, 0) is 4.79 Å². The molecule has 1 aromatic carbocycles. The Labute approximate surface area is 121 Å². The molecule has 6 heteroatoms. The van der Waals surface area contributed by atoms with Gasteiger partial charge in [-0.3, -0.25) is 4.79 Å². The number of benzene rings is 1. The van der Waals surface area contributed by atoms with E-state index in [1.54, 1.807) is 12.1 Å². The first-order chi connectivity index (χ1) is 9.10. The number of carbonyl (C=O) groups excluding carboxylic acids is 1. The Kier molecular flexibility index (Phi) is 4.31. The second kappa shape index (κ2) is 5.96. The standard InChI is InChI=1S/C13H11Cl2N3O/c14-11-4-3-10(5-12(11)15)18-13(19)8(6-16)7-17-9-1-2-9/h3-5,7,9,17H,1-2H2,(H,18,19)/b8-7-. The lowest BCUT2D eigenvalue weighted by atomic mass is 10.2. The number of rotatable bonds is 4. The number of anilines is 1. The van der Waals surface area contributed by atoms with Crippen LogP contribution >= 0.6 is 23.2 Å². The number of nitrogens with zero attached hydrogens (tertiary/aromatic N) is 1. The van der Waals surface area contributed by atoms with Gasteiger partial charge < -0.3 is 10.6 Å². The zero-order valence-corrected chi connectivity index (χ0v) is 11.4. The SMILES string of the molecule is N#C/C(=C/NC1CC1)C(=O)Nc1ccc(Cl)c(Cl)c1. The average Bonchev–Trinajstić information content (AvgIpc) is 3.19. The number of halogens is 2. The van der Waals surface area contributed by atoms with Crippen LogP contribution in [0.3, 0.4) is 0 Å². The van der Waals surface area contributed by atoms with Gasteiger partial charge in [-0.2, -0.15) is 5.26 Å². The van der Waals surface area contributed by atoms with Gasteiger partial charge in [-0.05, 0) is 31.0 Å². The molecule has 0 heterocycles. The summed E-state index contributed by atoms with van der Waals surface area (Å²) in [5.74, 6) is -0.478. The molecule has 0 spiro atoms. The number of hydrogen-bond donors (Lipinski definition) is 2. The van der Waals surface area contributed by atoms with Gasteiger partial charge in [0.2, 0.25) is 0 Å². The zero-order chi connectivity index (χ0) is 13.8. The van der Waals surface area contributed by atoms with E-state index < -0.39 is 5.91 Å². The topological polar surface area (TPSA) is 64.9 Å². The van der Waals surface area contributed by atoms with E-state index in [1.165, 1.54) is 12.3 Å². The van der Waals surface area contributed by atoms with Crippen LogP contribution in [0.15, 0.2) is 30.0 Å². The molecule has 0 saturated heterocycles. The van der Waals surface area contributed by atoms with Crippen molar-refractivity contribution in [2.45, 2.75) is 18.9 Å². The van der Waals surface area contributed by atoms with Gasteiger partial charge in [0.25, 0.3) is 5.91 Å². The molecule has 4 nitrogen and oxygen atoms in total. The first-order valence-electron chi connectivity index (χ1n) is 5.73. The second-order valence-electron chi connectivity index (χ2n) is 4.19. The van der Waals surface area contributed by atoms with E-state index in [-0.39, 0.29) is 5.57 Å². The lowest BCUT2D eigenvalue weighted by Crippen LogP contribution is -2.17. The smallest absolute Gasteiger partial charge is 0.267 e. The zero-order valence-electron chi connectivity index (χ0n) is 9.91. The highest BCUT2D eigenvalue weighted by molar-refractivity contribution is 6.42. The fourth-order valence-electron chi connectivity index (χ4n) is 1.37. The number of hydrogen-bond acceptors (Lipinski definition) is 3. The molecule has 1 amide bonds. The summed E-state index contributed by atoms with van der Waals surface area (Å²) in [7, 11) is 0. The molecular formula is C13H11Cl2N3O. The Morgan fingerprint density at radius 3 is 2.68 bits per heavy atom. The van der Waals surface area contributed by atoms with Gasteiger partial charge in [-0.15, -0.1) is 0 Å². The molecule has 0 aliphatic heterocycles. The van der Waals surface area contributed by atoms with Crippen molar-refractivity contribution in [2.24, 2.45) is 0 Å². The molecule has 1 aliphatic rings. The maximum atomic E-state index is 11.9. The molecule has 98 valence electrons. The van der Waals surface area contributed by atoms with E-state index >= 15 is 0 Å². The first-order valence-corrected chi connectivity index (χ1v) is 6.48. The van der Waals surface area contributed by atoms with Crippen LogP contribution in [0.1, 0.15) is 12.8 Å². The highest BCUT2D eigenvalue weighted by Gasteiger charge is 2.20. The van der Waals surface area contributed by atoms with E-state index in [1.807, 2.05) is 6.07 Å². The third kappa shape index (κ3) is 3.88. The molecule has 2 rings (SSSR count). The molecule has 0 aromatic heterocycles. The van der Waals surface area contributed by atoms with Gasteiger partial charge >= 0.3 is 0 Å². The van der Waals surface area contributed by atoms with Crippen molar-refractivity contribution in [2.75, 3.05) is 5.32 Å². The quantitative estimate of drug-likeness (QED) is 0.663. The van der Waals surface area contributed by atoms with Crippen molar-refractivity contribution in [1.29, 1.82) is 5.26 Å². The Morgan fingerprint density at radius 2 is 2.11 bits per heavy atom. The molecule has 1 saturated carbocycles. The van der Waals surface area contributed by atoms with Gasteiger partial charge in [0.05, 0.1) is 10.0 Å². The van der Waals surface area contributed by atoms with Gasteiger partial charge in [0.1, 0.15) is 11.6 Å².